The Labute approximate surface area is 126 Å². The Bertz CT molecular complexity index is 741. The summed E-state index contributed by atoms with van der Waals surface area (Å²) in [5.41, 5.74) is -0.457. The van der Waals surface area contributed by atoms with E-state index in [1.54, 1.807) is 32.9 Å². The molecule has 0 atom stereocenters. The number of benzene rings is 1. The number of hydrogen-bond acceptors (Lipinski definition) is 5. The summed E-state index contributed by atoms with van der Waals surface area (Å²) in [7, 11) is 0. The van der Waals surface area contributed by atoms with Gasteiger partial charge in [0.2, 0.25) is 17.5 Å². The van der Waals surface area contributed by atoms with Gasteiger partial charge in [-0.1, -0.05) is 6.07 Å². The molecule has 6 nitrogen and oxygen atoms in total. The molecule has 114 valence electrons. The van der Waals surface area contributed by atoms with Crippen LogP contribution in [0.15, 0.2) is 28.7 Å². The Hall–Kier alpha value is -2.88. The van der Waals surface area contributed by atoms with E-state index in [-0.39, 0.29) is 17.5 Å². The number of amides is 1. The number of nitrogens with one attached hydrogen (secondary N) is 1. The molecule has 0 bridgehead atoms. The fraction of sp³-hybridized carbons (Fsp3) is 0.267. The lowest BCUT2D eigenvalue weighted by Crippen LogP contribution is -2.27. The molecule has 0 radical (unpaired) electrons. The van der Waals surface area contributed by atoms with Crippen molar-refractivity contribution >= 4 is 12.0 Å². The molecule has 0 aliphatic rings. The Balaban J connectivity index is 2.27. The van der Waals surface area contributed by atoms with E-state index in [1.165, 1.54) is 18.2 Å². The fourth-order valence-electron chi connectivity index (χ4n) is 1.62. The van der Waals surface area contributed by atoms with E-state index < -0.39 is 17.5 Å². The predicted molar refractivity (Wildman–Crippen MR) is 76.5 cm³/mol. The molecule has 2 aromatic rings. The van der Waals surface area contributed by atoms with E-state index in [2.05, 4.69) is 10.3 Å². The third-order valence-corrected chi connectivity index (χ3v) is 2.42. The summed E-state index contributed by atoms with van der Waals surface area (Å²) >= 11 is 0. The lowest BCUT2D eigenvalue weighted by Gasteiger charge is -2.18. The molecule has 1 amide bonds. The van der Waals surface area contributed by atoms with E-state index in [1.807, 2.05) is 0 Å². The lowest BCUT2D eigenvalue weighted by atomic mass is 10.2. The van der Waals surface area contributed by atoms with Gasteiger partial charge in [-0.05, 0) is 39.0 Å². The normalized spacial score (nSPS) is 10.9. The molecule has 0 aliphatic heterocycles. The third kappa shape index (κ3) is 3.82. The van der Waals surface area contributed by atoms with E-state index in [0.29, 0.717) is 5.56 Å². The van der Waals surface area contributed by atoms with Crippen molar-refractivity contribution in [1.29, 1.82) is 5.26 Å². The highest BCUT2D eigenvalue weighted by Gasteiger charge is 2.21. The molecule has 0 unspecified atom stereocenters. The highest BCUT2D eigenvalue weighted by atomic mass is 19.1. The minimum Gasteiger partial charge on any atom is -0.444 e. The van der Waals surface area contributed by atoms with Crippen LogP contribution in [0.1, 0.15) is 26.5 Å². The van der Waals surface area contributed by atoms with Gasteiger partial charge in [0.25, 0.3) is 0 Å². The molecule has 7 heteroatoms. The van der Waals surface area contributed by atoms with Gasteiger partial charge in [-0.2, -0.15) is 10.2 Å². The van der Waals surface area contributed by atoms with Crippen molar-refractivity contribution in [2.75, 3.05) is 5.32 Å². The summed E-state index contributed by atoms with van der Waals surface area (Å²) in [5.74, 6) is -0.575. The summed E-state index contributed by atoms with van der Waals surface area (Å²) in [6.07, 6.45) is -0.772. The zero-order chi connectivity index (χ0) is 16.3. The maximum atomic E-state index is 13.2. The fourth-order valence-corrected chi connectivity index (χ4v) is 1.62. The topological polar surface area (TPSA) is 88.2 Å². The van der Waals surface area contributed by atoms with Crippen molar-refractivity contribution in [2.24, 2.45) is 0 Å². The number of ether oxygens (including phenoxy) is 1. The average molecular weight is 303 g/mol. The van der Waals surface area contributed by atoms with Gasteiger partial charge in [0.05, 0.1) is 0 Å². The van der Waals surface area contributed by atoms with Crippen LogP contribution in [0.5, 0.6) is 0 Å². The van der Waals surface area contributed by atoms with Crippen LogP contribution in [-0.4, -0.2) is 16.7 Å². The SMILES string of the molecule is CC(C)(C)OC(=O)Nc1oc(-c2cccc(F)c2)nc1C#N. The molecular weight excluding hydrogens is 289 g/mol. The van der Waals surface area contributed by atoms with Crippen LogP contribution in [0.25, 0.3) is 11.5 Å². The van der Waals surface area contributed by atoms with Crippen LogP contribution >= 0.6 is 0 Å². The standard InChI is InChI=1S/C15H14FN3O3/c1-15(2,3)22-14(20)19-13-11(8-17)18-12(21-13)9-5-4-6-10(16)7-9/h4-7H,1-3H3,(H,19,20). The molecule has 0 fully saturated rings. The van der Waals surface area contributed by atoms with E-state index in [4.69, 9.17) is 14.4 Å². The predicted octanol–water partition coefficient (Wildman–Crippen LogP) is 3.70. The lowest BCUT2D eigenvalue weighted by molar-refractivity contribution is 0.0632. The average Bonchev–Trinajstić information content (AvgIpc) is 2.79. The van der Waals surface area contributed by atoms with Crippen molar-refractivity contribution in [3.05, 3.63) is 35.8 Å². The van der Waals surface area contributed by atoms with Crippen molar-refractivity contribution in [1.82, 2.24) is 4.98 Å². The molecule has 1 aromatic carbocycles. The maximum absolute atomic E-state index is 13.2. The molecule has 0 saturated heterocycles. The largest absolute Gasteiger partial charge is 0.444 e. The number of hydrogen-bond donors (Lipinski definition) is 1. The van der Waals surface area contributed by atoms with Crippen molar-refractivity contribution < 1.29 is 18.3 Å². The number of carbonyl (C=O) groups excluding carboxylic acids is 1. The van der Waals surface area contributed by atoms with Crippen LogP contribution in [0.2, 0.25) is 0 Å². The zero-order valence-electron chi connectivity index (χ0n) is 12.3. The number of oxazole rings is 1. The van der Waals surface area contributed by atoms with Crippen LogP contribution in [0.3, 0.4) is 0 Å². The van der Waals surface area contributed by atoms with Crippen molar-refractivity contribution in [3.63, 3.8) is 0 Å². The van der Waals surface area contributed by atoms with Gasteiger partial charge in [-0.3, -0.25) is 5.32 Å². The van der Waals surface area contributed by atoms with Crippen LogP contribution in [-0.2, 0) is 4.74 Å². The quantitative estimate of drug-likeness (QED) is 0.913. The summed E-state index contributed by atoms with van der Waals surface area (Å²) in [4.78, 5) is 15.6. The Morgan fingerprint density at radius 1 is 1.45 bits per heavy atom. The van der Waals surface area contributed by atoms with E-state index in [0.717, 1.165) is 0 Å². The van der Waals surface area contributed by atoms with E-state index in [9.17, 15) is 9.18 Å². The van der Waals surface area contributed by atoms with Gasteiger partial charge in [-0.15, -0.1) is 0 Å². The molecule has 0 saturated carbocycles. The second-order valence-electron chi connectivity index (χ2n) is 5.45. The minimum atomic E-state index is -0.772. The molecule has 2 rings (SSSR count). The summed E-state index contributed by atoms with van der Waals surface area (Å²) in [6, 6.07) is 7.35. The highest BCUT2D eigenvalue weighted by molar-refractivity contribution is 5.84. The first-order valence-electron chi connectivity index (χ1n) is 6.45. The smallest absolute Gasteiger partial charge is 0.414 e. The van der Waals surface area contributed by atoms with E-state index >= 15 is 0 Å². The number of nitriles is 1. The van der Waals surface area contributed by atoms with Gasteiger partial charge in [0.1, 0.15) is 17.5 Å². The van der Waals surface area contributed by atoms with Gasteiger partial charge in [-0.25, -0.2) is 9.18 Å². The molecule has 1 N–H and O–H groups in total. The third-order valence-electron chi connectivity index (χ3n) is 2.42. The number of carbonyl (C=O) groups is 1. The molecule has 22 heavy (non-hydrogen) atoms. The van der Waals surface area contributed by atoms with Crippen molar-refractivity contribution in [3.8, 4) is 17.5 Å². The number of anilines is 1. The molecule has 0 spiro atoms. The summed E-state index contributed by atoms with van der Waals surface area (Å²) in [5, 5.41) is 11.4. The second-order valence-corrected chi connectivity index (χ2v) is 5.45. The molecule has 1 aromatic heterocycles. The van der Waals surface area contributed by atoms with Crippen LogP contribution in [0.4, 0.5) is 15.1 Å². The van der Waals surface area contributed by atoms with Gasteiger partial charge < -0.3 is 9.15 Å². The van der Waals surface area contributed by atoms with Crippen LogP contribution < -0.4 is 5.32 Å². The molecular formula is C15H14FN3O3. The van der Waals surface area contributed by atoms with Gasteiger partial charge in [0.15, 0.2) is 0 Å². The minimum absolute atomic E-state index is 0.0297. The highest BCUT2D eigenvalue weighted by Crippen LogP contribution is 2.26. The van der Waals surface area contributed by atoms with Gasteiger partial charge >= 0.3 is 6.09 Å². The molecule has 0 aliphatic carbocycles. The number of rotatable bonds is 2. The summed E-state index contributed by atoms with van der Waals surface area (Å²) < 4.78 is 23.6. The zero-order valence-corrected chi connectivity index (χ0v) is 12.3. The maximum Gasteiger partial charge on any atom is 0.414 e. The first kappa shape index (κ1) is 15.5. The number of nitrogens with zero attached hydrogens (tertiary/aromatic N) is 2. The number of halogens is 1. The Morgan fingerprint density at radius 2 is 2.18 bits per heavy atom. The van der Waals surface area contributed by atoms with Crippen molar-refractivity contribution in [2.45, 2.75) is 26.4 Å². The number of aromatic nitrogens is 1. The first-order chi connectivity index (χ1) is 10.3. The summed E-state index contributed by atoms with van der Waals surface area (Å²) in [6.45, 7) is 5.11. The van der Waals surface area contributed by atoms with Gasteiger partial charge in [0, 0.05) is 5.56 Å². The molecule has 1 heterocycles. The second kappa shape index (κ2) is 5.85. The Kier molecular flexibility index (Phi) is 4.13. The van der Waals surface area contributed by atoms with Crippen LogP contribution in [0, 0.1) is 17.1 Å². The first-order valence-corrected chi connectivity index (χ1v) is 6.45. The Morgan fingerprint density at radius 3 is 2.77 bits per heavy atom. The monoisotopic (exact) mass is 303 g/mol.